The monoisotopic (exact) mass is 327 g/mol. The molecule has 24 heavy (non-hydrogen) atoms. The van der Waals surface area contributed by atoms with Crippen molar-refractivity contribution in [1.29, 1.82) is 0 Å². The van der Waals surface area contributed by atoms with Crippen LogP contribution < -0.4 is 16.0 Å². The van der Waals surface area contributed by atoms with E-state index in [0.29, 0.717) is 11.4 Å². The summed E-state index contributed by atoms with van der Waals surface area (Å²) >= 11 is 0. The van der Waals surface area contributed by atoms with Crippen LogP contribution in [0.15, 0.2) is 42.5 Å². The molecule has 1 amide bonds. The smallest absolute Gasteiger partial charge is 0.258 e. The van der Waals surface area contributed by atoms with E-state index >= 15 is 0 Å². The normalized spacial score (nSPS) is 15.3. The molecule has 126 valence electrons. The number of amides is 1. The minimum Gasteiger partial charge on any atom is -0.397 e. The molecule has 3 rings (SSSR count). The van der Waals surface area contributed by atoms with Gasteiger partial charge < -0.3 is 16.0 Å². The van der Waals surface area contributed by atoms with Crippen molar-refractivity contribution in [2.24, 2.45) is 5.92 Å². The third kappa shape index (κ3) is 3.50. The summed E-state index contributed by atoms with van der Waals surface area (Å²) in [6, 6.07) is 11.4. The van der Waals surface area contributed by atoms with Crippen molar-refractivity contribution in [2.45, 2.75) is 19.8 Å². The Kier molecular flexibility index (Phi) is 4.69. The number of piperidine rings is 1. The standard InChI is InChI=1S/C19H22FN3O/c1-13-8-10-23(11-9-13)18-7-6-14(12-17(18)21)22-19(24)15-4-2-3-5-16(15)20/h2-7,12-13H,8-11,21H2,1H3,(H,22,24). The van der Waals surface area contributed by atoms with Crippen LogP contribution in [0.25, 0.3) is 0 Å². The quantitative estimate of drug-likeness (QED) is 0.841. The van der Waals surface area contributed by atoms with Crippen LogP contribution >= 0.6 is 0 Å². The molecular formula is C19H22FN3O. The number of benzene rings is 2. The fraction of sp³-hybridized carbons (Fsp3) is 0.316. The Hall–Kier alpha value is -2.56. The lowest BCUT2D eigenvalue weighted by atomic mass is 9.98. The highest BCUT2D eigenvalue weighted by Crippen LogP contribution is 2.30. The molecule has 0 unspecified atom stereocenters. The van der Waals surface area contributed by atoms with Gasteiger partial charge in [0.25, 0.3) is 5.91 Å². The van der Waals surface area contributed by atoms with E-state index in [1.807, 2.05) is 12.1 Å². The zero-order valence-electron chi connectivity index (χ0n) is 13.8. The number of nitrogen functional groups attached to an aromatic ring is 1. The Morgan fingerprint density at radius 1 is 1.21 bits per heavy atom. The molecule has 0 bridgehead atoms. The van der Waals surface area contributed by atoms with Crippen LogP contribution in [0.5, 0.6) is 0 Å². The van der Waals surface area contributed by atoms with Crippen molar-refractivity contribution >= 4 is 23.0 Å². The second-order valence-electron chi connectivity index (χ2n) is 6.38. The maximum Gasteiger partial charge on any atom is 0.258 e. The predicted molar refractivity (Wildman–Crippen MR) is 95.8 cm³/mol. The van der Waals surface area contributed by atoms with E-state index in [1.165, 1.54) is 12.1 Å². The number of anilines is 3. The molecule has 1 fully saturated rings. The van der Waals surface area contributed by atoms with Gasteiger partial charge >= 0.3 is 0 Å². The Labute approximate surface area is 141 Å². The van der Waals surface area contributed by atoms with Gasteiger partial charge in [0.2, 0.25) is 0 Å². The van der Waals surface area contributed by atoms with E-state index in [1.54, 1.807) is 18.2 Å². The highest BCUT2D eigenvalue weighted by Gasteiger charge is 2.18. The first kappa shape index (κ1) is 16.3. The van der Waals surface area contributed by atoms with Gasteiger partial charge in [-0.3, -0.25) is 4.79 Å². The Morgan fingerprint density at radius 2 is 1.92 bits per heavy atom. The molecule has 0 aromatic heterocycles. The first-order chi connectivity index (χ1) is 11.5. The molecule has 0 saturated carbocycles. The molecule has 1 aliphatic rings. The van der Waals surface area contributed by atoms with Gasteiger partial charge in [0.15, 0.2) is 0 Å². The van der Waals surface area contributed by atoms with Crippen LogP contribution in [-0.4, -0.2) is 19.0 Å². The fourth-order valence-corrected chi connectivity index (χ4v) is 3.01. The minimum atomic E-state index is -0.540. The zero-order valence-corrected chi connectivity index (χ0v) is 13.8. The number of rotatable bonds is 3. The Balaban J connectivity index is 1.73. The molecule has 1 heterocycles. The summed E-state index contributed by atoms with van der Waals surface area (Å²) < 4.78 is 13.7. The van der Waals surface area contributed by atoms with Gasteiger partial charge in [0.1, 0.15) is 5.82 Å². The molecule has 0 spiro atoms. The van der Waals surface area contributed by atoms with Gasteiger partial charge in [-0.05, 0) is 49.1 Å². The molecule has 1 saturated heterocycles. The maximum absolute atomic E-state index is 13.7. The van der Waals surface area contributed by atoms with E-state index < -0.39 is 11.7 Å². The van der Waals surface area contributed by atoms with Crippen LogP contribution in [0, 0.1) is 11.7 Å². The maximum atomic E-state index is 13.7. The summed E-state index contributed by atoms with van der Waals surface area (Å²) in [6.07, 6.45) is 2.32. The first-order valence-electron chi connectivity index (χ1n) is 8.25. The summed E-state index contributed by atoms with van der Waals surface area (Å²) in [4.78, 5) is 14.4. The van der Waals surface area contributed by atoms with Gasteiger partial charge in [-0.1, -0.05) is 19.1 Å². The van der Waals surface area contributed by atoms with E-state index in [4.69, 9.17) is 5.73 Å². The Morgan fingerprint density at radius 3 is 2.58 bits per heavy atom. The van der Waals surface area contributed by atoms with Crippen molar-refractivity contribution in [3.05, 3.63) is 53.8 Å². The predicted octanol–water partition coefficient (Wildman–Crippen LogP) is 3.90. The van der Waals surface area contributed by atoms with E-state index in [2.05, 4.69) is 17.1 Å². The second-order valence-corrected chi connectivity index (χ2v) is 6.38. The average molecular weight is 327 g/mol. The highest BCUT2D eigenvalue weighted by atomic mass is 19.1. The Bertz CT molecular complexity index is 739. The second kappa shape index (κ2) is 6.91. The summed E-state index contributed by atoms with van der Waals surface area (Å²) in [6.45, 7) is 4.25. The van der Waals surface area contributed by atoms with Crippen LogP contribution in [0.4, 0.5) is 21.5 Å². The van der Waals surface area contributed by atoms with Crippen molar-refractivity contribution in [3.63, 3.8) is 0 Å². The van der Waals surface area contributed by atoms with Gasteiger partial charge in [-0.15, -0.1) is 0 Å². The number of nitrogens with one attached hydrogen (secondary N) is 1. The summed E-state index contributed by atoms with van der Waals surface area (Å²) in [7, 11) is 0. The van der Waals surface area contributed by atoms with Crippen molar-refractivity contribution in [3.8, 4) is 0 Å². The molecule has 2 aromatic carbocycles. The summed E-state index contributed by atoms with van der Waals surface area (Å²) in [5.74, 6) is -0.268. The lowest BCUT2D eigenvalue weighted by Gasteiger charge is -2.33. The zero-order chi connectivity index (χ0) is 17.1. The van der Waals surface area contributed by atoms with Gasteiger partial charge in [0, 0.05) is 18.8 Å². The molecular weight excluding hydrogens is 305 g/mol. The number of carbonyl (C=O) groups is 1. The lowest BCUT2D eigenvalue weighted by Crippen LogP contribution is -2.33. The molecule has 4 nitrogen and oxygen atoms in total. The lowest BCUT2D eigenvalue weighted by molar-refractivity contribution is 0.102. The molecule has 1 aliphatic heterocycles. The van der Waals surface area contributed by atoms with Crippen LogP contribution in [0.2, 0.25) is 0 Å². The molecule has 0 aliphatic carbocycles. The summed E-state index contributed by atoms with van der Waals surface area (Å²) in [5.41, 5.74) is 8.36. The number of nitrogens with zero attached hydrogens (tertiary/aromatic N) is 1. The third-order valence-electron chi connectivity index (χ3n) is 4.53. The number of halogens is 1. The van der Waals surface area contributed by atoms with Crippen LogP contribution in [0.1, 0.15) is 30.1 Å². The summed E-state index contributed by atoms with van der Waals surface area (Å²) in [5, 5.41) is 2.70. The van der Waals surface area contributed by atoms with E-state index in [-0.39, 0.29) is 5.56 Å². The SMILES string of the molecule is CC1CCN(c2ccc(NC(=O)c3ccccc3F)cc2N)CC1. The largest absolute Gasteiger partial charge is 0.397 e. The number of nitrogens with two attached hydrogens (primary N) is 1. The highest BCUT2D eigenvalue weighted by molar-refractivity contribution is 6.04. The number of hydrogen-bond donors (Lipinski definition) is 2. The first-order valence-corrected chi connectivity index (χ1v) is 8.25. The molecule has 0 radical (unpaired) electrons. The molecule has 3 N–H and O–H groups in total. The number of hydrogen-bond acceptors (Lipinski definition) is 3. The van der Waals surface area contributed by atoms with Crippen molar-refractivity contribution < 1.29 is 9.18 Å². The average Bonchev–Trinajstić information content (AvgIpc) is 2.56. The minimum absolute atomic E-state index is 0.0187. The molecule has 0 atom stereocenters. The van der Waals surface area contributed by atoms with E-state index in [9.17, 15) is 9.18 Å². The topological polar surface area (TPSA) is 58.4 Å². The number of carbonyl (C=O) groups excluding carboxylic acids is 1. The van der Waals surface area contributed by atoms with Crippen molar-refractivity contribution in [1.82, 2.24) is 0 Å². The van der Waals surface area contributed by atoms with Gasteiger partial charge in [-0.2, -0.15) is 0 Å². The molecule has 2 aromatic rings. The van der Waals surface area contributed by atoms with Gasteiger partial charge in [0.05, 0.1) is 16.9 Å². The van der Waals surface area contributed by atoms with Crippen molar-refractivity contribution in [2.75, 3.05) is 29.0 Å². The van der Waals surface area contributed by atoms with E-state index in [0.717, 1.165) is 37.5 Å². The van der Waals surface area contributed by atoms with Crippen LogP contribution in [0.3, 0.4) is 0 Å². The molecule has 5 heteroatoms. The fourth-order valence-electron chi connectivity index (χ4n) is 3.01. The van der Waals surface area contributed by atoms with Crippen LogP contribution in [-0.2, 0) is 0 Å². The van der Waals surface area contributed by atoms with Gasteiger partial charge in [-0.25, -0.2) is 4.39 Å². The third-order valence-corrected chi connectivity index (χ3v) is 4.53.